The molecule has 0 aliphatic heterocycles. The molecule has 2 aromatic carbocycles. The molecule has 5 rings (SSSR count). The fraction of sp³-hybridized carbons (Fsp3) is 0.103. The van der Waals surface area contributed by atoms with E-state index in [0.717, 1.165) is 40.8 Å². The average molecular weight is 511 g/mol. The van der Waals surface area contributed by atoms with Crippen molar-refractivity contribution in [3.63, 3.8) is 0 Å². The van der Waals surface area contributed by atoms with Gasteiger partial charge in [0.15, 0.2) is 0 Å². The molecule has 0 saturated heterocycles. The molecule has 0 spiro atoms. The number of H-pyrrole nitrogens is 1. The van der Waals surface area contributed by atoms with Crippen LogP contribution in [0.5, 0.6) is 5.75 Å². The first-order chi connectivity index (χ1) is 18.0. The van der Waals surface area contributed by atoms with Gasteiger partial charge in [0, 0.05) is 29.1 Å². The van der Waals surface area contributed by atoms with Crippen molar-refractivity contribution < 1.29 is 14.7 Å². The van der Waals surface area contributed by atoms with Crippen LogP contribution in [0.25, 0.3) is 22.4 Å². The Hall–Kier alpha value is -4.56. The summed E-state index contributed by atoms with van der Waals surface area (Å²) in [6.07, 6.45) is 5.43. The maximum Gasteiger partial charge on any atom is 0.268 e. The van der Waals surface area contributed by atoms with Crippen molar-refractivity contribution in [2.24, 2.45) is 5.73 Å². The highest BCUT2D eigenvalue weighted by Crippen LogP contribution is 2.31. The molecular formula is C29H26N4O3S. The summed E-state index contributed by atoms with van der Waals surface area (Å²) >= 11 is 1.56. The first kappa shape index (κ1) is 24.1. The minimum absolute atomic E-state index is 0.182. The van der Waals surface area contributed by atoms with E-state index >= 15 is 0 Å². The Kier molecular flexibility index (Phi) is 6.91. The molecule has 0 unspecified atom stereocenters. The number of thiophene rings is 1. The van der Waals surface area contributed by atoms with Crippen molar-refractivity contribution in [1.29, 1.82) is 0 Å². The molecule has 8 heteroatoms. The SMILES string of the molecule is NC1=C(NC(=O)c2ccc(CNC(=O)c3[nH]c(-c4ccc(O)cc4)cc3-c3ccsc3)cc2)C=CCC1. The van der Waals surface area contributed by atoms with E-state index < -0.39 is 0 Å². The number of amides is 2. The van der Waals surface area contributed by atoms with Crippen LogP contribution in [-0.4, -0.2) is 21.9 Å². The molecule has 6 N–H and O–H groups in total. The third-order valence-electron chi connectivity index (χ3n) is 6.18. The Bertz CT molecular complexity index is 1480. The first-order valence-electron chi connectivity index (χ1n) is 11.9. The monoisotopic (exact) mass is 510 g/mol. The molecule has 4 aromatic rings. The molecule has 2 amide bonds. The number of aromatic nitrogens is 1. The predicted octanol–water partition coefficient (Wildman–Crippen LogP) is 5.30. The zero-order valence-electron chi connectivity index (χ0n) is 20.0. The van der Waals surface area contributed by atoms with Gasteiger partial charge in [0.1, 0.15) is 11.4 Å². The summed E-state index contributed by atoms with van der Waals surface area (Å²) in [6.45, 7) is 0.304. The lowest BCUT2D eigenvalue weighted by atomic mass is 10.1. The van der Waals surface area contributed by atoms with Crippen LogP contribution in [0.3, 0.4) is 0 Å². The van der Waals surface area contributed by atoms with E-state index in [0.29, 0.717) is 29.2 Å². The summed E-state index contributed by atoms with van der Waals surface area (Å²) < 4.78 is 0. The predicted molar refractivity (Wildman–Crippen MR) is 146 cm³/mol. The molecule has 186 valence electrons. The number of aromatic amines is 1. The normalized spacial score (nSPS) is 13.0. The van der Waals surface area contributed by atoms with Gasteiger partial charge in [0.2, 0.25) is 0 Å². The van der Waals surface area contributed by atoms with Gasteiger partial charge < -0.3 is 26.5 Å². The molecule has 37 heavy (non-hydrogen) atoms. The van der Waals surface area contributed by atoms with Crippen LogP contribution < -0.4 is 16.4 Å². The number of nitrogens with two attached hydrogens (primary N) is 1. The molecule has 0 saturated carbocycles. The summed E-state index contributed by atoms with van der Waals surface area (Å²) in [5.41, 5.74) is 12.6. The van der Waals surface area contributed by atoms with Crippen LogP contribution in [-0.2, 0) is 6.54 Å². The highest BCUT2D eigenvalue weighted by atomic mass is 32.1. The minimum atomic E-state index is -0.237. The molecular weight excluding hydrogens is 484 g/mol. The quantitative estimate of drug-likeness (QED) is 0.232. The van der Waals surface area contributed by atoms with Crippen molar-refractivity contribution in [1.82, 2.24) is 15.6 Å². The van der Waals surface area contributed by atoms with Crippen LogP contribution in [0.2, 0.25) is 0 Å². The van der Waals surface area contributed by atoms with Crippen molar-refractivity contribution in [3.8, 4) is 28.1 Å². The maximum atomic E-state index is 13.2. The third kappa shape index (κ3) is 5.49. The number of carbonyl (C=O) groups is 2. The lowest BCUT2D eigenvalue weighted by Gasteiger charge is -2.13. The van der Waals surface area contributed by atoms with Gasteiger partial charge in [-0.1, -0.05) is 18.2 Å². The van der Waals surface area contributed by atoms with Gasteiger partial charge in [-0.25, -0.2) is 0 Å². The number of nitrogens with one attached hydrogen (secondary N) is 3. The van der Waals surface area contributed by atoms with Gasteiger partial charge in [-0.3, -0.25) is 9.59 Å². The maximum absolute atomic E-state index is 13.2. The van der Waals surface area contributed by atoms with Gasteiger partial charge in [0.25, 0.3) is 11.8 Å². The number of hydrogen-bond donors (Lipinski definition) is 5. The molecule has 1 aliphatic rings. The van der Waals surface area contributed by atoms with Crippen LogP contribution in [0.4, 0.5) is 0 Å². The number of phenols is 1. The molecule has 0 radical (unpaired) electrons. The van der Waals surface area contributed by atoms with Crippen LogP contribution in [0, 0.1) is 0 Å². The molecule has 2 heterocycles. The summed E-state index contributed by atoms with van der Waals surface area (Å²) in [7, 11) is 0. The fourth-order valence-electron chi connectivity index (χ4n) is 4.12. The topological polar surface area (TPSA) is 120 Å². The lowest BCUT2D eigenvalue weighted by molar-refractivity contribution is 0.0943. The largest absolute Gasteiger partial charge is 0.508 e. The Morgan fingerprint density at radius 3 is 2.49 bits per heavy atom. The zero-order valence-corrected chi connectivity index (χ0v) is 20.8. The van der Waals surface area contributed by atoms with Gasteiger partial charge >= 0.3 is 0 Å². The number of carbonyl (C=O) groups excluding carboxylic acids is 2. The van der Waals surface area contributed by atoms with E-state index in [9.17, 15) is 14.7 Å². The van der Waals surface area contributed by atoms with Gasteiger partial charge in [-0.15, -0.1) is 0 Å². The minimum Gasteiger partial charge on any atom is -0.508 e. The lowest BCUT2D eigenvalue weighted by Crippen LogP contribution is -2.26. The highest BCUT2D eigenvalue weighted by Gasteiger charge is 2.18. The standard InChI is InChI=1S/C29H26N4O3S/c30-24-3-1-2-4-25(24)33-28(35)20-7-5-18(6-8-20)16-31-29(36)27-23(21-13-14-37-17-21)15-26(32-27)19-9-11-22(34)12-10-19/h2,4-15,17,32,34H,1,3,16,30H2,(H,31,36)(H,33,35). The number of allylic oxidation sites excluding steroid dienone is 3. The summed E-state index contributed by atoms with van der Waals surface area (Å²) in [4.78, 5) is 29.0. The molecule has 0 fully saturated rings. The second-order valence-electron chi connectivity index (χ2n) is 8.74. The highest BCUT2D eigenvalue weighted by molar-refractivity contribution is 7.08. The second kappa shape index (κ2) is 10.6. The van der Waals surface area contributed by atoms with E-state index in [2.05, 4.69) is 15.6 Å². The molecule has 0 bridgehead atoms. The molecule has 0 atom stereocenters. The fourth-order valence-corrected chi connectivity index (χ4v) is 4.77. The smallest absolute Gasteiger partial charge is 0.268 e. The van der Waals surface area contributed by atoms with Crippen LogP contribution in [0.1, 0.15) is 39.3 Å². The average Bonchev–Trinajstić information content (AvgIpc) is 3.60. The Morgan fingerprint density at radius 2 is 1.78 bits per heavy atom. The Balaban J connectivity index is 1.28. The van der Waals surface area contributed by atoms with Crippen molar-refractivity contribution in [2.75, 3.05) is 0 Å². The van der Waals surface area contributed by atoms with Crippen molar-refractivity contribution >= 4 is 23.2 Å². The Labute approximate surface area is 218 Å². The van der Waals surface area contributed by atoms with Crippen LogP contribution >= 0.6 is 11.3 Å². The van der Waals surface area contributed by atoms with Crippen LogP contribution in [0.15, 0.2) is 95.0 Å². The van der Waals surface area contributed by atoms with E-state index in [1.807, 2.05) is 47.2 Å². The number of phenolic OH excluding ortho intramolecular Hbond substituents is 1. The molecule has 1 aliphatic carbocycles. The first-order valence-corrected chi connectivity index (χ1v) is 12.8. The number of benzene rings is 2. The summed E-state index contributed by atoms with van der Waals surface area (Å²) in [5, 5.41) is 19.4. The van der Waals surface area contributed by atoms with E-state index in [-0.39, 0.29) is 17.6 Å². The summed E-state index contributed by atoms with van der Waals surface area (Å²) in [6, 6.07) is 17.8. The number of hydrogen-bond acceptors (Lipinski definition) is 5. The van der Waals surface area contributed by atoms with Crippen molar-refractivity contribution in [2.45, 2.75) is 19.4 Å². The third-order valence-corrected chi connectivity index (χ3v) is 6.87. The zero-order chi connectivity index (χ0) is 25.8. The number of rotatable bonds is 7. The second-order valence-corrected chi connectivity index (χ2v) is 9.52. The molecule has 2 aromatic heterocycles. The summed E-state index contributed by atoms with van der Waals surface area (Å²) in [5.74, 6) is -0.282. The Morgan fingerprint density at radius 1 is 1.00 bits per heavy atom. The van der Waals surface area contributed by atoms with Gasteiger partial charge in [-0.2, -0.15) is 11.3 Å². The van der Waals surface area contributed by atoms with Gasteiger partial charge in [-0.05, 0) is 94.9 Å². The van der Waals surface area contributed by atoms with Crippen molar-refractivity contribution in [3.05, 3.63) is 112 Å². The number of aromatic hydroxyl groups is 1. The van der Waals surface area contributed by atoms with E-state index in [1.54, 1.807) is 47.7 Å². The van der Waals surface area contributed by atoms with E-state index in [4.69, 9.17) is 5.73 Å². The van der Waals surface area contributed by atoms with E-state index in [1.165, 1.54) is 0 Å². The van der Waals surface area contributed by atoms with Gasteiger partial charge in [0.05, 0.1) is 5.70 Å². The molecule has 7 nitrogen and oxygen atoms in total.